The summed E-state index contributed by atoms with van der Waals surface area (Å²) in [5.41, 5.74) is 2.61. The Kier molecular flexibility index (Phi) is 5.04. The number of nitrogens with zero attached hydrogens (tertiary/aromatic N) is 2. The van der Waals surface area contributed by atoms with Gasteiger partial charge in [-0.05, 0) is 36.8 Å². The quantitative estimate of drug-likeness (QED) is 0.527. The van der Waals surface area contributed by atoms with E-state index in [1.165, 1.54) is 0 Å². The molecule has 1 heterocycles. The van der Waals surface area contributed by atoms with Gasteiger partial charge < -0.3 is 5.11 Å². The predicted octanol–water partition coefficient (Wildman–Crippen LogP) is 3.86. The zero-order valence-corrected chi connectivity index (χ0v) is 13.2. The molecule has 1 aromatic carbocycles. The van der Waals surface area contributed by atoms with E-state index < -0.39 is 0 Å². The molecule has 0 aliphatic heterocycles. The Bertz CT molecular complexity index is 670. The van der Waals surface area contributed by atoms with Crippen LogP contribution in [0.25, 0.3) is 0 Å². The van der Waals surface area contributed by atoms with Gasteiger partial charge >= 0.3 is 11.8 Å². The molecule has 0 spiro atoms. The van der Waals surface area contributed by atoms with Gasteiger partial charge in [0, 0.05) is 17.6 Å². The van der Waals surface area contributed by atoms with Gasteiger partial charge in [-0.1, -0.05) is 23.7 Å². The summed E-state index contributed by atoms with van der Waals surface area (Å²) in [6, 6.07) is 10.6. The molecule has 0 amide bonds. The molecular formula is C15H15Cl2N2O2+. The molecule has 0 saturated carbocycles. The van der Waals surface area contributed by atoms with Crippen LogP contribution in [0.1, 0.15) is 23.9 Å². The van der Waals surface area contributed by atoms with Gasteiger partial charge in [-0.25, -0.2) is 4.98 Å². The number of aromatic nitrogens is 1. The Morgan fingerprint density at radius 3 is 2.57 bits per heavy atom. The average Bonchev–Trinajstić information content (AvgIpc) is 2.48. The van der Waals surface area contributed by atoms with Crippen LogP contribution < -0.4 is 0 Å². The topological polar surface area (TPSA) is 45.4 Å². The van der Waals surface area contributed by atoms with Gasteiger partial charge in [-0.3, -0.25) is 4.84 Å². The lowest BCUT2D eigenvalue weighted by Gasteiger charge is -2.03. The number of hydrogen-bond donors (Lipinski definition) is 1. The molecule has 1 N–H and O–H groups in total. The number of pyridine rings is 1. The van der Waals surface area contributed by atoms with Crippen molar-refractivity contribution in [1.29, 1.82) is 0 Å². The zero-order valence-electron chi connectivity index (χ0n) is 11.7. The maximum absolute atomic E-state index is 9.83. The molecule has 2 aromatic rings. The number of rotatable bonds is 4. The first-order valence-corrected chi connectivity index (χ1v) is 7.03. The molecule has 1 aromatic heterocycles. The van der Waals surface area contributed by atoms with Crippen molar-refractivity contribution in [3.05, 3.63) is 58.4 Å². The fraction of sp³-hybridized carbons (Fsp3) is 0.200. The lowest BCUT2D eigenvalue weighted by molar-refractivity contribution is -0.688. The number of hydrogen-bond acceptors (Lipinski definition) is 3. The molecule has 110 valence electrons. The largest absolute Gasteiger partial charge is 0.505 e. The van der Waals surface area contributed by atoms with E-state index in [4.69, 9.17) is 28.2 Å². The second-order valence-electron chi connectivity index (χ2n) is 4.55. The minimum Gasteiger partial charge on any atom is -0.505 e. The summed E-state index contributed by atoms with van der Waals surface area (Å²) >= 11 is 11.9. The monoisotopic (exact) mass is 325 g/mol. The Labute approximate surface area is 133 Å². The lowest BCUT2D eigenvalue weighted by Crippen LogP contribution is -2.14. The third-order valence-electron chi connectivity index (χ3n) is 2.88. The molecule has 0 unspecified atom stereocenters. The minimum atomic E-state index is 0.0545. The predicted molar refractivity (Wildman–Crippen MR) is 82.8 cm³/mol. The molecule has 21 heavy (non-hydrogen) atoms. The SMILES string of the molecule is CC(c1nc(C)ccc1O)=[N+](Cl)OCc1ccc(Cl)cc1. The summed E-state index contributed by atoms with van der Waals surface area (Å²) < 4.78 is 1.08. The first-order valence-electron chi connectivity index (χ1n) is 6.31. The zero-order chi connectivity index (χ0) is 15.4. The highest BCUT2D eigenvalue weighted by atomic mass is 35.5. The van der Waals surface area contributed by atoms with Crippen molar-refractivity contribution in [2.75, 3.05) is 0 Å². The van der Waals surface area contributed by atoms with Crippen molar-refractivity contribution in [2.45, 2.75) is 20.5 Å². The Hall–Kier alpha value is -1.78. The summed E-state index contributed by atoms with van der Waals surface area (Å²) in [6.07, 6.45) is 0. The van der Waals surface area contributed by atoms with Crippen molar-refractivity contribution < 1.29 is 14.2 Å². The van der Waals surface area contributed by atoms with Gasteiger partial charge in [-0.2, -0.15) is 0 Å². The van der Waals surface area contributed by atoms with Crippen molar-refractivity contribution >= 4 is 29.1 Å². The van der Waals surface area contributed by atoms with Crippen LogP contribution in [0.3, 0.4) is 0 Å². The molecule has 6 heteroatoms. The van der Waals surface area contributed by atoms with Crippen LogP contribution in [0.4, 0.5) is 0 Å². The maximum atomic E-state index is 9.83. The fourth-order valence-electron chi connectivity index (χ4n) is 1.71. The molecular weight excluding hydrogens is 311 g/mol. The molecule has 0 fully saturated rings. The minimum absolute atomic E-state index is 0.0545. The van der Waals surface area contributed by atoms with Crippen LogP contribution >= 0.6 is 23.4 Å². The third kappa shape index (κ3) is 4.09. The number of benzene rings is 1. The average molecular weight is 326 g/mol. The van der Waals surface area contributed by atoms with Crippen molar-refractivity contribution in [2.24, 2.45) is 0 Å². The summed E-state index contributed by atoms with van der Waals surface area (Å²) in [5, 5.41) is 10.5. The van der Waals surface area contributed by atoms with E-state index in [1.807, 2.05) is 19.1 Å². The first kappa shape index (κ1) is 15.6. The lowest BCUT2D eigenvalue weighted by atomic mass is 10.2. The molecule has 4 nitrogen and oxygen atoms in total. The van der Waals surface area contributed by atoms with Crippen LogP contribution in [-0.2, 0) is 11.4 Å². The smallest absolute Gasteiger partial charge is 0.319 e. The standard InChI is InChI=1S/C15H14Cl2N2O2/c1-10-3-8-14(20)15(18-10)11(2)19(17)21-9-12-4-6-13(16)7-5-12/h3-8H,9H2,1-2H3/p+1. The maximum Gasteiger partial charge on any atom is 0.319 e. The van der Waals surface area contributed by atoms with E-state index in [2.05, 4.69) is 4.98 Å². The van der Waals surface area contributed by atoms with Gasteiger partial charge in [0.05, 0.1) is 4.26 Å². The van der Waals surface area contributed by atoms with Crippen LogP contribution in [0.2, 0.25) is 5.02 Å². The molecule has 0 saturated heterocycles. The summed E-state index contributed by atoms with van der Waals surface area (Å²) in [6.45, 7) is 3.84. The molecule has 0 bridgehead atoms. The van der Waals surface area contributed by atoms with Crippen molar-refractivity contribution in [1.82, 2.24) is 4.98 Å². The van der Waals surface area contributed by atoms with Crippen LogP contribution in [0, 0.1) is 6.92 Å². The number of aryl methyl sites for hydroxylation is 1. The van der Waals surface area contributed by atoms with Crippen molar-refractivity contribution in [3.8, 4) is 5.75 Å². The number of aromatic hydroxyl groups is 1. The highest BCUT2D eigenvalue weighted by Crippen LogP contribution is 2.17. The Morgan fingerprint density at radius 1 is 1.24 bits per heavy atom. The van der Waals surface area contributed by atoms with Gasteiger partial charge in [0.1, 0.15) is 5.75 Å². The van der Waals surface area contributed by atoms with Crippen molar-refractivity contribution in [3.63, 3.8) is 0 Å². The third-order valence-corrected chi connectivity index (χ3v) is 3.48. The van der Waals surface area contributed by atoms with E-state index in [0.717, 1.165) is 15.5 Å². The van der Waals surface area contributed by atoms with E-state index in [9.17, 15) is 5.11 Å². The highest BCUT2D eigenvalue weighted by Gasteiger charge is 2.19. The molecule has 0 radical (unpaired) electrons. The van der Waals surface area contributed by atoms with E-state index in [1.54, 1.807) is 31.2 Å². The molecule has 2 rings (SSSR count). The molecule has 0 aliphatic rings. The molecule has 0 aliphatic carbocycles. The van der Waals surface area contributed by atoms with E-state index >= 15 is 0 Å². The van der Waals surface area contributed by atoms with E-state index in [0.29, 0.717) is 16.4 Å². The van der Waals surface area contributed by atoms with E-state index in [-0.39, 0.29) is 12.4 Å². The second-order valence-corrected chi connectivity index (χ2v) is 5.29. The fourth-order valence-corrected chi connectivity index (χ4v) is 1.96. The van der Waals surface area contributed by atoms with Gasteiger partial charge in [-0.15, -0.1) is 0 Å². The van der Waals surface area contributed by atoms with Gasteiger partial charge in [0.25, 0.3) is 5.71 Å². The van der Waals surface area contributed by atoms with Gasteiger partial charge in [0.15, 0.2) is 12.3 Å². The summed E-state index contributed by atoms with van der Waals surface area (Å²) in [5.74, 6) is 0.0545. The molecule has 0 atom stereocenters. The first-order chi connectivity index (χ1) is 9.97. The highest BCUT2D eigenvalue weighted by molar-refractivity contribution is 6.30. The summed E-state index contributed by atoms with van der Waals surface area (Å²) in [7, 11) is 0. The van der Waals surface area contributed by atoms with Crippen LogP contribution in [0.15, 0.2) is 36.4 Å². The number of halogens is 2. The summed E-state index contributed by atoms with van der Waals surface area (Å²) in [4.78, 5) is 9.70. The Morgan fingerprint density at radius 2 is 1.90 bits per heavy atom. The van der Waals surface area contributed by atoms with Crippen LogP contribution in [-0.4, -0.2) is 20.1 Å². The second kappa shape index (κ2) is 6.78. The van der Waals surface area contributed by atoms with Gasteiger partial charge in [0.2, 0.25) is 0 Å². The van der Waals surface area contributed by atoms with Crippen LogP contribution in [0.5, 0.6) is 5.75 Å². The normalized spacial score (nSPS) is 12.0. The Balaban J connectivity index is 2.15.